The maximum absolute atomic E-state index is 5.56. The van der Waals surface area contributed by atoms with Gasteiger partial charge in [0.1, 0.15) is 17.2 Å². The Kier molecular flexibility index (Phi) is 4.96. The van der Waals surface area contributed by atoms with E-state index in [9.17, 15) is 0 Å². The molecule has 3 aromatic rings. The minimum atomic E-state index is 0.340. The summed E-state index contributed by atoms with van der Waals surface area (Å²) in [5.41, 5.74) is 3.70. The Labute approximate surface area is 160 Å². The number of hydrogen-bond donors (Lipinski definition) is 0. The molecule has 0 amide bonds. The SMILES string of the molecule is CCn1cc(CN2CCC[C@H]2c2cc(C(C)C)on2)c2cc(OC)ccc21. The maximum Gasteiger partial charge on any atom is 0.139 e. The molecule has 0 spiro atoms. The van der Waals surface area contributed by atoms with Crippen molar-refractivity contribution in [2.24, 2.45) is 0 Å². The first-order valence-electron chi connectivity index (χ1n) is 9.97. The summed E-state index contributed by atoms with van der Waals surface area (Å²) in [6, 6.07) is 8.85. The molecule has 3 heterocycles. The molecule has 0 unspecified atom stereocenters. The second-order valence-corrected chi connectivity index (χ2v) is 7.76. The highest BCUT2D eigenvalue weighted by Gasteiger charge is 2.29. The summed E-state index contributed by atoms with van der Waals surface area (Å²) >= 11 is 0. The summed E-state index contributed by atoms with van der Waals surface area (Å²) in [5, 5.41) is 5.66. The van der Waals surface area contributed by atoms with Crippen molar-refractivity contribution in [3.8, 4) is 5.75 Å². The van der Waals surface area contributed by atoms with Crippen molar-refractivity contribution < 1.29 is 9.26 Å². The van der Waals surface area contributed by atoms with Crippen molar-refractivity contribution in [2.45, 2.75) is 58.7 Å². The molecule has 1 saturated heterocycles. The number of methoxy groups -OCH3 is 1. The fourth-order valence-electron chi connectivity index (χ4n) is 4.17. The first kappa shape index (κ1) is 18.1. The summed E-state index contributed by atoms with van der Waals surface area (Å²) in [5.74, 6) is 2.26. The van der Waals surface area contributed by atoms with Gasteiger partial charge >= 0.3 is 0 Å². The van der Waals surface area contributed by atoms with Crippen LogP contribution in [0.1, 0.15) is 62.6 Å². The normalized spacial score (nSPS) is 18.0. The van der Waals surface area contributed by atoms with E-state index >= 15 is 0 Å². The number of aryl methyl sites for hydroxylation is 1. The third-order valence-corrected chi connectivity index (χ3v) is 5.71. The van der Waals surface area contributed by atoms with Crippen molar-refractivity contribution >= 4 is 10.9 Å². The summed E-state index contributed by atoms with van der Waals surface area (Å²) in [7, 11) is 1.73. The number of fused-ring (bicyclic) bond motifs is 1. The van der Waals surface area contributed by atoms with Gasteiger partial charge in [-0.2, -0.15) is 0 Å². The largest absolute Gasteiger partial charge is 0.497 e. The predicted molar refractivity (Wildman–Crippen MR) is 107 cm³/mol. The number of likely N-dealkylation sites (tertiary alicyclic amines) is 1. The van der Waals surface area contributed by atoms with Gasteiger partial charge in [0, 0.05) is 42.2 Å². The molecule has 144 valence electrons. The van der Waals surface area contributed by atoms with Crippen molar-refractivity contribution in [3.05, 3.63) is 47.5 Å². The summed E-state index contributed by atoms with van der Waals surface area (Å²) in [4.78, 5) is 2.54. The van der Waals surface area contributed by atoms with Crippen LogP contribution in [0.15, 0.2) is 35.0 Å². The smallest absolute Gasteiger partial charge is 0.139 e. The number of aromatic nitrogens is 2. The van der Waals surface area contributed by atoms with E-state index in [0.29, 0.717) is 12.0 Å². The van der Waals surface area contributed by atoms with E-state index in [1.165, 1.54) is 22.9 Å². The van der Waals surface area contributed by atoms with Crippen molar-refractivity contribution in [1.82, 2.24) is 14.6 Å². The van der Waals surface area contributed by atoms with Gasteiger partial charge in [-0.1, -0.05) is 19.0 Å². The van der Waals surface area contributed by atoms with Crippen molar-refractivity contribution in [2.75, 3.05) is 13.7 Å². The summed E-state index contributed by atoms with van der Waals surface area (Å²) in [6.07, 6.45) is 4.63. The molecule has 1 aliphatic heterocycles. The van der Waals surface area contributed by atoms with Gasteiger partial charge in [0.2, 0.25) is 0 Å². The Morgan fingerprint density at radius 3 is 2.85 bits per heavy atom. The second-order valence-electron chi connectivity index (χ2n) is 7.76. The fraction of sp³-hybridized carbons (Fsp3) is 0.500. The fourth-order valence-corrected chi connectivity index (χ4v) is 4.17. The lowest BCUT2D eigenvalue weighted by Crippen LogP contribution is -2.22. The number of ether oxygens (including phenoxy) is 1. The molecule has 27 heavy (non-hydrogen) atoms. The molecule has 1 atom stereocenters. The molecule has 0 radical (unpaired) electrons. The molecule has 4 rings (SSSR count). The van der Waals surface area contributed by atoms with E-state index in [4.69, 9.17) is 9.26 Å². The molecular weight excluding hydrogens is 338 g/mol. The van der Waals surface area contributed by atoms with Crippen LogP contribution in [0.4, 0.5) is 0 Å². The number of benzene rings is 1. The van der Waals surface area contributed by atoms with E-state index in [-0.39, 0.29) is 0 Å². The van der Waals surface area contributed by atoms with Gasteiger partial charge in [-0.05, 0) is 50.1 Å². The average molecular weight is 367 g/mol. The van der Waals surface area contributed by atoms with Gasteiger partial charge in [0.25, 0.3) is 0 Å². The minimum Gasteiger partial charge on any atom is -0.497 e. The quantitative estimate of drug-likeness (QED) is 0.607. The molecular formula is C22H29N3O2. The van der Waals surface area contributed by atoms with Crippen LogP contribution in [0.3, 0.4) is 0 Å². The van der Waals surface area contributed by atoms with Gasteiger partial charge in [0.05, 0.1) is 13.2 Å². The van der Waals surface area contributed by atoms with Crippen LogP contribution >= 0.6 is 0 Å². The standard InChI is InChI=1S/C22H29N3O2/c1-5-24-13-16(18-11-17(26-4)8-9-20(18)24)14-25-10-6-7-21(25)19-12-22(15(2)3)27-23-19/h8-9,11-13,15,21H,5-7,10,14H2,1-4H3/t21-/m0/s1. The van der Waals surface area contributed by atoms with Gasteiger partial charge in [-0.3, -0.25) is 4.90 Å². The summed E-state index contributed by atoms with van der Waals surface area (Å²) in [6.45, 7) is 9.46. The maximum atomic E-state index is 5.56. The third-order valence-electron chi connectivity index (χ3n) is 5.71. The van der Waals surface area contributed by atoms with Gasteiger partial charge in [0.15, 0.2) is 0 Å². The number of hydrogen-bond acceptors (Lipinski definition) is 4. The first-order chi connectivity index (χ1) is 13.1. The highest BCUT2D eigenvalue weighted by atomic mass is 16.5. The highest BCUT2D eigenvalue weighted by molar-refractivity contribution is 5.85. The van der Waals surface area contributed by atoms with Crippen molar-refractivity contribution in [1.29, 1.82) is 0 Å². The predicted octanol–water partition coefficient (Wildman–Crippen LogP) is 5.12. The van der Waals surface area contributed by atoms with E-state index in [0.717, 1.165) is 43.3 Å². The van der Waals surface area contributed by atoms with Gasteiger partial charge in [-0.15, -0.1) is 0 Å². The molecule has 0 aliphatic carbocycles. The number of rotatable bonds is 6. The van der Waals surface area contributed by atoms with E-state index in [2.05, 4.69) is 59.8 Å². The van der Waals surface area contributed by atoms with Crippen molar-refractivity contribution in [3.63, 3.8) is 0 Å². The Morgan fingerprint density at radius 2 is 2.15 bits per heavy atom. The lowest BCUT2D eigenvalue weighted by atomic mass is 10.1. The first-order valence-corrected chi connectivity index (χ1v) is 9.97. The lowest BCUT2D eigenvalue weighted by molar-refractivity contribution is 0.236. The average Bonchev–Trinajstić information content (AvgIpc) is 3.40. The Hall–Kier alpha value is -2.27. The van der Waals surface area contributed by atoms with E-state index in [1.807, 2.05) is 6.07 Å². The molecule has 0 N–H and O–H groups in total. The van der Waals surface area contributed by atoms with Crippen LogP contribution in [-0.4, -0.2) is 28.3 Å². The van der Waals surface area contributed by atoms with Crippen LogP contribution < -0.4 is 4.74 Å². The minimum absolute atomic E-state index is 0.340. The monoisotopic (exact) mass is 367 g/mol. The van der Waals surface area contributed by atoms with Crippen LogP contribution in [-0.2, 0) is 13.1 Å². The Bertz CT molecular complexity index is 925. The van der Waals surface area contributed by atoms with E-state index < -0.39 is 0 Å². The molecule has 5 nitrogen and oxygen atoms in total. The lowest BCUT2D eigenvalue weighted by Gasteiger charge is -2.22. The molecule has 1 aliphatic rings. The van der Waals surface area contributed by atoms with Gasteiger partial charge < -0.3 is 13.8 Å². The third kappa shape index (κ3) is 3.36. The van der Waals surface area contributed by atoms with Gasteiger partial charge in [-0.25, -0.2) is 0 Å². The summed E-state index contributed by atoms with van der Waals surface area (Å²) < 4.78 is 13.3. The molecule has 0 bridgehead atoms. The molecule has 2 aromatic heterocycles. The zero-order chi connectivity index (χ0) is 19.0. The molecule has 0 saturated carbocycles. The Morgan fingerprint density at radius 1 is 1.30 bits per heavy atom. The molecule has 1 fully saturated rings. The highest BCUT2D eigenvalue weighted by Crippen LogP contribution is 2.35. The number of nitrogens with zero attached hydrogens (tertiary/aromatic N) is 3. The van der Waals surface area contributed by atoms with Crippen LogP contribution in [0.2, 0.25) is 0 Å². The molecule has 5 heteroatoms. The van der Waals surface area contributed by atoms with Crippen LogP contribution in [0, 0.1) is 0 Å². The zero-order valence-corrected chi connectivity index (χ0v) is 16.7. The van der Waals surface area contributed by atoms with Crippen LogP contribution in [0.5, 0.6) is 5.75 Å². The van der Waals surface area contributed by atoms with E-state index in [1.54, 1.807) is 7.11 Å². The Balaban J connectivity index is 1.64. The topological polar surface area (TPSA) is 43.4 Å². The zero-order valence-electron chi connectivity index (χ0n) is 16.7. The van der Waals surface area contributed by atoms with Crippen LogP contribution in [0.25, 0.3) is 10.9 Å². The molecule has 1 aromatic carbocycles. The second kappa shape index (κ2) is 7.39.